The molecule has 46 heavy (non-hydrogen) atoms. The molecule has 1 aliphatic carbocycles. The van der Waals surface area contributed by atoms with Crippen LogP contribution in [0, 0.1) is 29.6 Å². The Bertz CT molecular complexity index is 1280. The van der Waals surface area contributed by atoms with Crippen LogP contribution in [0.5, 0.6) is 0 Å². The minimum atomic E-state index is -1.17. The summed E-state index contributed by atoms with van der Waals surface area (Å²) in [6.45, 7) is 9.83. The Morgan fingerprint density at radius 1 is 0.978 bits per heavy atom. The number of esters is 1. The maximum atomic E-state index is 13.2. The zero-order valence-corrected chi connectivity index (χ0v) is 27.4. The first-order valence-electron chi connectivity index (χ1n) is 16.6. The quantitative estimate of drug-likeness (QED) is 0.225. The lowest BCUT2D eigenvalue weighted by Crippen LogP contribution is -2.70. The van der Waals surface area contributed by atoms with E-state index in [0.717, 1.165) is 24.8 Å². The van der Waals surface area contributed by atoms with Gasteiger partial charge in [0, 0.05) is 31.1 Å². The van der Waals surface area contributed by atoms with Gasteiger partial charge in [-0.1, -0.05) is 58.0 Å². The van der Waals surface area contributed by atoms with Gasteiger partial charge in [-0.05, 0) is 55.9 Å². The first kappa shape index (κ1) is 34.3. The SMILES string of the molecule is CC(C)C[C@H](NC(=O)CCC(=O)O[C@@H]1O[C@H]2O[C@@]3(C)CC[C@H]4[C@@H](C)CC[C@H]([C@H]1C)[C@]24OO3)C(=O)N[C@@H](Cc1ccccc1)C(=O)O. The highest BCUT2D eigenvalue weighted by atomic mass is 17.3. The average molecular weight is 645 g/mol. The smallest absolute Gasteiger partial charge is 0.326 e. The van der Waals surface area contributed by atoms with Crippen molar-refractivity contribution in [1.82, 2.24) is 10.6 Å². The summed E-state index contributed by atoms with van der Waals surface area (Å²) in [5, 5.41) is 15.0. The number of carboxylic acids is 1. The summed E-state index contributed by atoms with van der Waals surface area (Å²) in [6.07, 6.45) is 1.75. The fraction of sp³-hybridized carbons (Fsp3) is 0.706. The molecule has 2 amide bonds. The van der Waals surface area contributed by atoms with Gasteiger partial charge in [0.15, 0.2) is 11.9 Å². The number of carbonyl (C=O) groups excluding carboxylic acids is 3. The maximum absolute atomic E-state index is 13.2. The summed E-state index contributed by atoms with van der Waals surface area (Å²) in [7, 11) is 0. The molecule has 0 unspecified atom stereocenters. The van der Waals surface area contributed by atoms with Crippen molar-refractivity contribution in [2.45, 2.75) is 122 Å². The predicted molar refractivity (Wildman–Crippen MR) is 163 cm³/mol. The van der Waals surface area contributed by atoms with Crippen LogP contribution in [0.25, 0.3) is 0 Å². The molecule has 254 valence electrons. The second-order valence-electron chi connectivity index (χ2n) is 14.1. The lowest BCUT2D eigenvalue weighted by atomic mass is 9.58. The number of ether oxygens (including phenoxy) is 3. The molecule has 1 spiro atoms. The number of nitrogens with one attached hydrogen (secondary N) is 2. The number of rotatable bonds is 12. The minimum Gasteiger partial charge on any atom is -0.480 e. The molecule has 3 N–H and O–H groups in total. The van der Waals surface area contributed by atoms with Crippen molar-refractivity contribution >= 4 is 23.8 Å². The van der Waals surface area contributed by atoms with Gasteiger partial charge in [-0.2, -0.15) is 0 Å². The fourth-order valence-corrected chi connectivity index (χ4v) is 7.70. The van der Waals surface area contributed by atoms with Crippen molar-refractivity contribution in [2.24, 2.45) is 29.6 Å². The van der Waals surface area contributed by atoms with Gasteiger partial charge in [-0.15, -0.1) is 0 Å². The molecule has 2 bridgehead atoms. The Morgan fingerprint density at radius 2 is 1.72 bits per heavy atom. The zero-order valence-electron chi connectivity index (χ0n) is 27.4. The van der Waals surface area contributed by atoms with E-state index in [-0.39, 0.29) is 42.9 Å². The van der Waals surface area contributed by atoms with E-state index in [1.165, 1.54) is 0 Å². The molecule has 0 aromatic heterocycles. The number of aliphatic carboxylic acids is 1. The second kappa shape index (κ2) is 14.0. The number of amides is 2. The molecule has 10 atom stereocenters. The van der Waals surface area contributed by atoms with Gasteiger partial charge < -0.3 is 30.0 Å². The number of hydrogen-bond donors (Lipinski definition) is 3. The van der Waals surface area contributed by atoms with Crippen LogP contribution in [0.3, 0.4) is 0 Å². The number of fused-ring (bicyclic) bond motifs is 2. The van der Waals surface area contributed by atoms with E-state index in [1.807, 2.05) is 33.8 Å². The molecule has 1 aromatic carbocycles. The highest BCUT2D eigenvalue weighted by Gasteiger charge is 2.69. The first-order chi connectivity index (χ1) is 21.8. The predicted octanol–water partition coefficient (Wildman–Crippen LogP) is 3.86. The number of carbonyl (C=O) groups is 4. The van der Waals surface area contributed by atoms with Crippen LogP contribution in [0.4, 0.5) is 0 Å². The van der Waals surface area contributed by atoms with Crippen molar-refractivity contribution in [2.75, 3.05) is 0 Å². The molecular weight excluding hydrogens is 596 g/mol. The van der Waals surface area contributed by atoms with E-state index in [1.54, 1.807) is 24.3 Å². The van der Waals surface area contributed by atoms with Gasteiger partial charge in [0.05, 0.1) is 6.42 Å². The van der Waals surface area contributed by atoms with E-state index in [4.69, 9.17) is 24.0 Å². The third-order valence-electron chi connectivity index (χ3n) is 10.2. The third-order valence-corrected chi connectivity index (χ3v) is 10.2. The second-order valence-corrected chi connectivity index (χ2v) is 14.1. The van der Waals surface area contributed by atoms with Crippen molar-refractivity contribution < 1.29 is 48.3 Å². The standard InChI is InChI=1S/C34H48N2O10/c1-19(2)17-25(29(39)36-26(30(40)41)18-22-9-7-6-8-10-22)35-27(37)13-14-28(38)42-31-21(4)24-12-11-20(3)23-15-16-33(5)44-32(43-31)34(23,24)46-45-33/h6-10,19-21,23-26,31-32H,11-18H2,1-5H3,(H,35,37)(H,36,39)(H,40,41)/t20-,21+,23-,24+,25-,26-,31+,32-,33+,34-/m0/s1. The number of carboxylic acid groups (broad SMARTS) is 1. The van der Waals surface area contributed by atoms with Crippen molar-refractivity contribution in [1.29, 1.82) is 0 Å². The molecule has 5 aliphatic rings. The molecule has 12 nitrogen and oxygen atoms in total. The number of benzene rings is 1. The Labute approximate surface area is 270 Å². The molecule has 4 aliphatic heterocycles. The summed E-state index contributed by atoms with van der Waals surface area (Å²) in [5.41, 5.74) is -0.0153. The molecule has 5 fully saturated rings. The summed E-state index contributed by atoms with van der Waals surface area (Å²) in [5.74, 6) is -3.43. The van der Waals surface area contributed by atoms with Crippen molar-refractivity contribution in [3.05, 3.63) is 35.9 Å². The largest absolute Gasteiger partial charge is 0.480 e. The van der Waals surface area contributed by atoms with Gasteiger partial charge in [-0.3, -0.25) is 14.4 Å². The van der Waals surface area contributed by atoms with Crippen LogP contribution in [-0.2, 0) is 49.6 Å². The van der Waals surface area contributed by atoms with E-state index >= 15 is 0 Å². The summed E-state index contributed by atoms with van der Waals surface area (Å²) in [4.78, 5) is 63.0. The lowest BCUT2D eigenvalue weighted by Gasteiger charge is -2.59. The topological polar surface area (TPSA) is 159 Å². The van der Waals surface area contributed by atoms with Crippen LogP contribution in [0.1, 0.15) is 85.1 Å². The van der Waals surface area contributed by atoms with Gasteiger partial charge >= 0.3 is 11.9 Å². The van der Waals surface area contributed by atoms with Gasteiger partial charge in [0.25, 0.3) is 0 Å². The van der Waals surface area contributed by atoms with Gasteiger partial charge in [0.1, 0.15) is 12.1 Å². The average Bonchev–Trinajstić information content (AvgIpc) is 3.24. The molecular formula is C34H48N2O10. The minimum absolute atomic E-state index is 0.0111. The Balaban J connectivity index is 1.16. The van der Waals surface area contributed by atoms with Gasteiger partial charge in [-0.25, -0.2) is 14.6 Å². The number of hydrogen-bond acceptors (Lipinski definition) is 9. The van der Waals surface area contributed by atoms with Crippen LogP contribution in [0.2, 0.25) is 0 Å². The lowest BCUT2D eigenvalue weighted by molar-refractivity contribution is -0.576. The van der Waals surface area contributed by atoms with E-state index in [2.05, 4.69) is 17.6 Å². The molecule has 4 heterocycles. The highest BCUT2D eigenvalue weighted by Crippen LogP contribution is 2.60. The molecule has 12 heteroatoms. The molecule has 4 saturated heterocycles. The van der Waals surface area contributed by atoms with E-state index in [0.29, 0.717) is 18.8 Å². The summed E-state index contributed by atoms with van der Waals surface area (Å²) < 4.78 is 18.4. The molecule has 1 aromatic rings. The molecule has 0 radical (unpaired) electrons. The maximum Gasteiger partial charge on any atom is 0.326 e. The highest BCUT2D eigenvalue weighted by molar-refractivity contribution is 5.91. The van der Waals surface area contributed by atoms with E-state index in [9.17, 15) is 24.3 Å². The molecule has 1 saturated carbocycles. The van der Waals surface area contributed by atoms with Crippen molar-refractivity contribution in [3.63, 3.8) is 0 Å². The van der Waals surface area contributed by atoms with Gasteiger partial charge in [0.2, 0.25) is 23.9 Å². The Kier molecular flexibility index (Phi) is 10.4. The first-order valence-corrected chi connectivity index (χ1v) is 16.6. The third kappa shape index (κ3) is 7.25. The van der Waals surface area contributed by atoms with Crippen LogP contribution >= 0.6 is 0 Å². The fourth-order valence-electron chi connectivity index (χ4n) is 7.70. The Hall–Kier alpha value is -3.06. The Morgan fingerprint density at radius 3 is 2.41 bits per heavy atom. The van der Waals surface area contributed by atoms with Crippen LogP contribution < -0.4 is 10.6 Å². The van der Waals surface area contributed by atoms with E-state index < -0.39 is 59.8 Å². The van der Waals surface area contributed by atoms with Crippen LogP contribution in [0.15, 0.2) is 30.3 Å². The van der Waals surface area contributed by atoms with Crippen LogP contribution in [-0.4, -0.2) is 64.9 Å². The van der Waals surface area contributed by atoms with Crippen molar-refractivity contribution in [3.8, 4) is 0 Å². The summed E-state index contributed by atoms with van der Waals surface area (Å²) in [6, 6.07) is 6.86. The monoisotopic (exact) mass is 644 g/mol. The summed E-state index contributed by atoms with van der Waals surface area (Å²) >= 11 is 0. The normalized spacial score (nSPS) is 34.5. The molecule has 6 rings (SSSR count). The zero-order chi connectivity index (χ0) is 33.2.